The Kier molecular flexibility index (Phi) is 3.09. The van der Waals surface area contributed by atoms with Crippen LogP contribution in [-0.2, 0) is 4.79 Å². The molecule has 1 rings (SSSR count). The Morgan fingerprint density at radius 2 is 2.17 bits per heavy atom. The van der Waals surface area contributed by atoms with Crippen LogP contribution in [-0.4, -0.2) is 18.0 Å². The molecule has 0 spiro atoms. The normalized spacial score (nSPS) is 21.6. The maximum Gasteiger partial charge on any atom is 0.236 e. The van der Waals surface area contributed by atoms with E-state index in [0.717, 1.165) is 12.3 Å². The summed E-state index contributed by atoms with van der Waals surface area (Å²) in [7, 11) is 0. The van der Waals surface area contributed by atoms with E-state index in [2.05, 4.69) is 5.32 Å². The molecular weight excluding hydrogens is 152 g/mol. The number of hydrogen-bond donors (Lipinski definition) is 2. The molecule has 3 heteroatoms. The molecule has 3 nitrogen and oxygen atoms in total. The summed E-state index contributed by atoms with van der Waals surface area (Å²) >= 11 is 0. The summed E-state index contributed by atoms with van der Waals surface area (Å²) in [5, 5.41) is 2.89. The molecule has 1 aliphatic carbocycles. The number of carbonyl (C=O) groups excluding carboxylic acids is 1. The summed E-state index contributed by atoms with van der Waals surface area (Å²) in [6.07, 6.45) is 3.77. The van der Waals surface area contributed by atoms with Crippen molar-refractivity contribution in [2.75, 3.05) is 0 Å². The average molecular weight is 170 g/mol. The molecular formula is C9H18N2O. The molecule has 1 fully saturated rings. The predicted molar refractivity (Wildman–Crippen MR) is 48.6 cm³/mol. The second kappa shape index (κ2) is 3.90. The van der Waals surface area contributed by atoms with E-state index in [1.165, 1.54) is 12.8 Å². The molecule has 3 N–H and O–H groups in total. The molecule has 0 aromatic rings. The summed E-state index contributed by atoms with van der Waals surface area (Å²) in [4.78, 5) is 11.1. The minimum atomic E-state index is -0.383. The first kappa shape index (κ1) is 9.52. The Bertz CT molecular complexity index is 164. The fraction of sp³-hybridized carbons (Fsp3) is 0.889. The van der Waals surface area contributed by atoms with E-state index >= 15 is 0 Å². The van der Waals surface area contributed by atoms with Gasteiger partial charge >= 0.3 is 0 Å². The van der Waals surface area contributed by atoms with Gasteiger partial charge in [0.2, 0.25) is 5.91 Å². The Balaban J connectivity index is 2.15. The van der Waals surface area contributed by atoms with E-state index in [4.69, 9.17) is 5.73 Å². The summed E-state index contributed by atoms with van der Waals surface area (Å²) in [6, 6.07) is -0.0948. The van der Waals surface area contributed by atoms with Gasteiger partial charge in [0.25, 0.3) is 0 Å². The maximum atomic E-state index is 11.1. The van der Waals surface area contributed by atoms with Crippen molar-refractivity contribution in [3.05, 3.63) is 0 Å². The maximum absolute atomic E-state index is 11.1. The van der Waals surface area contributed by atoms with Gasteiger partial charge in [0.15, 0.2) is 0 Å². The van der Waals surface area contributed by atoms with Crippen LogP contribution in [0, 0.1) is 5.92 Å². The highest BCUT2D eigenvalue weighted by Gasteiger charge is 2.24. The van der Waals surface area contributed by atoms with Crippen LogP contribution in [0.1, 0.15) is 33.1 Å². The topological polar surface area (TPSA) is 55.1 Å². The monoisotopic (exact) mass is 170 g/mol. The number of nitrogens with one attached hydrogen (secondary N) is 1. The minimum absolute atomic E-state index is 0.0387. The van der Waals surface area contributed by atoms with E-state index in [0.29, 0.717) is 0 Å². The van der Waals surface area contributed by atoms with Gasteiger partial charge < -0.3 is 11.1 Å². The Morgan fingerprint density at radius 1 is 1.58 bits per heavy atom. The van der Waals surface area contributed by atoms with Crippen molar-refractivity contribution in [2.45, 2.75) is 45.2 Å². The molecule has 12 heavy (non-hydrogen) atoms. The number of hydrogen-bond acceptors (Lipinski definition) is 2. The Hall–Kier alpha value is -0.570. The van der Waals surface area contributed by atoms with Crippen molar-refractivity contribution in [1.29, 1.82) is 0 Å². The second-order valence-corrected chi connectivity index (χ2v) is 3.88. The minimum Gasteiger partial charge on any atom is -0.352 e. The number of nitrogens with two attached hydrogens (primary N) is 1. The standard InChI is InChI=1S/C9H18N2O/c1-6(5-8-3-4-8)11-9(12)7(2)10/h6-8H,3-5,10H2,1-2H3,(H,11,12). The second-order valence-electron chi connectivity index (χ2n) is 3.88. The van der Waals surface area contributed by atoms with E-state index < -0.39 is 0 Å². The van der Waals surface area contributed by atoms with Crippen LogP contribution in [0.4, 0.5) is 0 Å². The van der Waals surface area contributed by atoms with Crippen LogP contribution in [0.5, 0.6) is 0 Å². The zero-order valence-corrected chi connectivity index (χ0v) is 7.84. The van der Waals surface area contributed by atoms with E-state index in [1.54, 1.807) is 6.92 Å². The Labute approximate surface area is 73.7 Å². The lowest BCUT2D eigenvalue weighted by Gasteiger charge is -2.14. The first-order chi connectivity index (χ1) is 5.59. The molecule has 0 radical (unpaired) electrons. The van der Waals surface area contributed by atoms with Gasteiger partial charge in [0.05, 0.1) is 6.04 Å². The van der Waals surface area contributed by atoms with E-state index in [9.17, 15) is 4.79 Å². The number of amides is 1. The zero-order chi connectivity index (χ0) is 9.14. The third-order valence-corrected chi connectivity index (χ3v) is 2.19. The first-order valence-electron chi connectivity index (χ1n) is 4.65. The van der Waals surface area contributed by atoms with Crippen molar-refractivity contribution >= 4 is 5.91 Å². The lowest BCUT2D eigenvalue weighted by Crippen LogP contribution is -2.42. The third-order valence-electron chi connectivity index (χ3n) is 2.19. The van der Waals surface area contributed by atoms with Crippen molar-refractivity contribution in [2.24, 2.45) is 11.7 Å². The van der Waals surface area contributed by atoms with Crippen LogP contribution in [0.2, 0.25) is 0 Å². The summed E-state index contributed by atoms with van der Waals surface area (Å²) in [5.41, 5.74) is 5.42. The molecule has 0 heterocycles. The molecule has 0 aromatic heterocycles. The summed E-state index contributed by atoms with van der Waals surface area (Å²) < 4.78 is 0. The lowest BCUT2D eigenvalue weighted by atomic mass is 10.1. The van der Waals surface area contributed by atoms with Gasteiger partial charge in [-0.3, -0.25) is 4.79 Å². The van der Waals surface area contributed by atoms with Crippen LogP contribution in [0.15, 0.2) is 0 Å². The van der Waals surface area contributed by atoms with Gasteiger partial charge in [0, 0.05) is 6.04 Å². The van der Waals surface area contributed by atoms with Crippen LogP contribution in [0.25, 0.3) is 0 Å². The van der Waals surface area contributed by atoms with Crippen molar-refractivity contribution in [3.8, 4) is 0 Å². The molecule has 1 aliphatic rings. The van der Waals surface area contributed by atoms with Crippen LogP contribution >= 0.6 is 0 Å². The zero-order valence-electron chi connectivity index (χ0n) is 7.84. The quantitative estimate of drug-likeness (QED) is 0.650. The molecule has 0 aliphatic heterocycles. The van der Waals surface area contributed by atoms with Gasteiger partial charge in [-0.2, -0.15) is 0 Å². The van der Waals surface area contributed by atoms with Crippen molar-refractivity contribution in [1.82, 2.24) is 5.32 Å². The third kappa shape index (κ3) is 3.22. The molecule has 70 valence electrons. The highest BCUT2D eigenvalue weighted by molar-refractivity contribution is 5.81. The largest absolute Gasteiger partial charge is 0.352 e. The molecule has 2 unspecified atom stereocenters. The van der Waals surface area contributed by atoms with Gasteiger partial charge in [-0.1, -0.05) is 12.8 Å². The highest BCUT2D eigenvalue weighted by Crippen LogP contribution is 2.33. The van der Waals surface area contributed by atoms with Crippen molar-refractivity contribution < 1.29 is 4.79 Å². The Morgan fingerprint density at radius 3 is 2.58 bits per heavy atom. The number of carbonyl (C=O) groups is 1. The fourth-order valence-electron chi connectivity index (χ4n) is 1.29. The molecule has 2 atom stereocenters. The van der Waals surface area contributed by atoms with Crippen LogP contribution < -0.4 is 11.1 Å². The predicted octanol–water partition coefficient (Wildman–Crippen LogP) is 0.638. The summed E-state index contributed by atoms with van der Waals surface area (Å²) in [6.45, 7) is 3.75. The van der Waals surface area contributed by atoms with E-state index in [1.807, 2.05) is 6.92 Å². The molecule has 0 saturated heterocycles. The van der Waals surface area contributed by atoms with Gasteiger partial charge in [-0.05, 0) is 26.2 Å². The fourth-order valence-corrected chi connectivity index (χ4v) is 1.29. The lowest BCUT2D eigenvalue weighted by molar-refractivity contribution is -0.122. The molecule has 0 aromatic carbocycles. The molecule has 0 bridgehead atoms. The number of rotatable bonds is 4. The van der Waals surface area contributed by atoms with Gasteiger partial charge in [-0.15, -0.1) is 0 Å². The molecule has 1 amide bonds. The smallest absolute Gasteiger partial charge is 0.236 e. The van der Waals surface area contributed by atoms with Gasteiger partial charge in [0.1, 0.15) is 0 Å². The summed E-state index contributed by atoms with van der Waals surface area (Å²) in [5.74, 6) is 0.816. The van der Waals surface area contributed by atoms with Crippen LogP contribution in [0.3, 0.4) is 0 Å². The average Bonchev–Trinajstić information content (AvgIpc) is 2.71. The van der Waals surface area contributed by atoms with Crippen molar-refractivity contribution in [3.63, 3.8) is 0 Å². The molecule has 1 saturated carbocycles. The van der Waals surface area contributed by atoms with E-state index in [-0.39, 0.29) is 18.0 Å². The SMILES string of the molecule is CC(CC1CC1)NC(=O)C(C)N. The first-order valence-corrected chi connectivity index (χ1v) is 4.65. The van der Waals surface area contributed by atoms with Gasteiger partial charge in [-0.25, -0.2) is 0 Å². The highest BCUT2D eigenvalue weighted by atomic mass is 16.2.